The highest BCUT2D eigenvalue weighted by Crippen LogP contribution is 2.13. The van der Waals surface area contributed by atoms with Crippen molar-refractivity contribution in [2.75, 3.05) is 5.84 Å². The number of aryl methyl sites for hydroxylation is 1. The van der Waals surface area contributed by atoms with Crippen LogP contribution in [0.3, 0.4) is 0 Å². The predicted octanol–water partition coefficient (Wildman–Crippen LogP) is 0.480. The van der Waals surface area contributed by atoms with E-state index in [0.29, 0.717) is 10.5 Å². The molecule has 2 heterocycles. The van der Waals surface area contributed by atoms with E-state index in [0.717, 1.165) is 10.2 Å². The highest BCUT2D eigenvalue weighted by molar-refractivity contribution is 7.17. The molecule has 0 saturated carbocycles. The third-order valence-corrected chi connectivity index (χ3v) is 2.58. The maximum Gasteiger partial charge on any atom is 0.289 e. The number of fused-ring (bicyclic) bond motifs is 1. The summed E-state index contributed by atoms with van der Waals surface area (Å²) in [6.45, 7) is 1.71. The molecule has 0 spiro atoms. The highest BCUT2D eigenvalue weighted by atomic mass is 32.1. The van der Waals surface area contributed by atoms with Crippen molar-refractivity contribution in [3.8, 4) is 0 Å². The Kier molecular flexibility index (Phi) is 1.41. The van der Waals surface area contributed by atoms with Crippen LogP contribution in [0.25, 0.3) is 10.2 Å². The van der Waals surface area contributed by atoms with Crippen molar-refractivity contribution >= 4 is 21.6 Å². The van der Waals surface area contributed by atoms with E-state index in [9.17, 15) is 4.79 Å². The van der Waals surface area contributed by atoms with E-state index in [1.165, 1.54) is 11.3 Å². The van der Waals surface area contributed by atoms with Gasteiger partial charge >= 0.3 is 0 Å². The van der Waals surface area contributed by atoms with Crippen molar-refractivity contribution in [2.24, 2.45) is 0 Å². The molecule has 2 rings (SSSR count). The van der Waals surface area contributed by atoms with Crippen molar-refractivity contribution < 1.29 is 0 Å². The Labute approximate surface area is 72.2 Å². The molecule has 2 aromatic heterocycles. The van der Waals surface area contributed by atoms with Crippen LogP contribution in [0.15, 0.2) is 16.2 Å². The third kappa shape index (κ3) is 0.831. The van der Waals surface area contributed by atoms with E-state index in [1.54, 1.807) is 6.92 Å². The number of rotatable bonds is 0. The summed E-state index contributed by atoms with van der Waals surface area (Å²) in [5, 5.41) is 1.83. The zero-order chi connectivity index (χ0) is 8.72. The van der Waals surface area contributed by atoms with Crippen LogP contribution in [-0.4, -0.2) is 9.66 Å². The van der Waals surface area contributed by atoms with Crippen LogP contribution in [-0.2, 0) is 0 Å². The van der Waals surface area contributed by atoms with Gasteiger partial charge in [0.2, 0.25) is 0 Å². The van der Waals surface area contributed by atoms with E-state index >= 15 is 0 Å². The van der Waals surface area contributed by atoms with Gasteiger partial charge in [0.05, 0.1) is 5.52 Å². The second-order valence-corrected chi connectivity index (χ2v) is 3.39. The molecule has 0 atom stereocenters. The Bertz CT molecular complexity index is 485. The van der Waals surface area contributed by atoms with E-state index in [4.69, 9.17) is 5.84 Å². The second-order valence-electron chi connectivity index (χ2n) is 2.47. The first kappa shape index (κ1) is 7.30. The van der Waals surface area contributed by atoms with Gasteiger partial charge in [0.1, 0.15) is 10.5 Å². The van der Waals surface area contributed by atoms with Gasteiger partial charge in [-0.05, 0) is 18.4 Å². The molecule has 0 unspecified atom stereocenters. The first-order valence-electron chi connectivity index (χ1n) is 3.42. The molecule has 2 aromatic rings. The number of nitrogens with two attached hydrogens (primary N) is 1. The number of hydrogen-bond acceptors (Lipinski definition) is 4. The largest absolute Gasteiger partial charge is 0.335 e. The van der Waals surface area contributed by atoms with Crippen molar-refractivity contribution in [3.05, 3.63) is 27.6 Å². The molecular formula is C7H7N3OS. The SMILES string of the molecule is Cc1nc2ccsc2c(=O)n1N. The molecule has 0 aliphatic rings. The lowest BCUT2D eigenvalue weighted by Crippen LogP contribution is -2.29. The fourth-order valence-electron chi connectivity index (χ4n) is 1.04. The van der Waals surface area contributed by atoms with Crippen LogP contribution in [0, 0.1) is 6.92 Å². The summed E-state index contributed by atoms with van der Waals surface area (Å²) in [7, 11) is 0. The van der Waals surface area contributed by atoms with Gasteiger partial charge in [-0.1, -0.05) is 0 Å². The number of nitrogen functional groups attached to an aromatic ring is 1. The zero-order valence-electron chi connectivity index (χ0n) is 6.44. The van der Waals surface area contributed by atoms with Crippen molar-refractivity contribution in [3.63, 3.8) is 0 Å². The Morgan fingerprint density at radius 1 is 1.67 bits per heavy atom. The summed E-state index contributed by atoms with van der Waals surface area (Å²) in [6, 6.07) is 1.81. The number of thiophene rings is 1. The average Bonchev–Trinajstić information content (AvgIpc) is 2.48. The van der Waals surface area contributed by atoms with Crippen LogP contribution in [0.2, 0.25) is 0 Å². The van der Waals surface area contributed by atoms with Gasteiger partial charge in [0.25, 0.3) is 5.56 Å². The van der Waals surface area contributed by atoms with E-state index < -0.39 is 0 Å². The van der Waals surface area contributed by atoms with Crippen LogP contribution in [0.1, 0.15) is 5.82 Å². The van der Waals surface area contributed by atoms with Crippen molar-refractivity contribution in [2.45, 2.75) is 6.92 Å². The van der Waals surface area contributed by atoms with Gasteiger partial charge in [0, 0.05) is 0 Å². The van der Waals surface area contributed by atoms with Crippen LogP contribution >= 0.6 is 11.3 Å². The van der Waals surface area contributed by atoms with Crippen molar-refractivity contribution in [1.29, 1.82) is 0 Å². The molecule has 0 aliphatic carbocycles. The van der Waals surface area contributed by atoms with Gasteiger partial charge < -0.3 is 5.84 Å². The first-order chi connectivity index (χ1) is 5.70. The smallest absolute Gasteiger partial charge is 0.289 e. The number of aromatic nitrogens is 2. The van der Waals surface area contributed by atoms with Gasteiger partial charge in [-0.2, -0.15) is 0 Å². The molecule has 5 heteroatoms. The Morgan fingerprint density at radius 3 is 3.17 bits per heavy atom. The molecule has 0 aromatic carbocycles. The van der Waals surface area contributed by atoms with Crippen LogP contribution < -0.4 is 11.4 Å². The molecule has 62 valence electrons. The topological polar surface area (TPSA) is 60.9 Å². The second kappa shape index (κ2) is 2.31. The maximum atomic E-state index is 11.4. The van der Waals surface area contributed by atoms with E-state index in [1.807, 2.05) is 11.4 Å². The summed E-state index contributed by atoms with van der Waals surface area (Å²) in [5.41, 5.74) is 0.553. The molecule has 0 saturated heterocycles. The molecule has 4 nitrogen and oxygen atoms in total. The van der Waals surface area contributed by atoms with Crippen molar-refractivity contribution in [1.82, 2.24) is 9.66 Å². The van der Waals surface area contributed by atoms with Crippen LogP contribution in [0.5, 0.6) is 0 Å². The lowest BCUT2D eigenvalue weighted by molar-refractivity contribution is 0.854. The Morgan fingerprint density at radius 2 is 2.42 bits per heavy atom. The van der Waals surface area contributed by atoms with Gasteiger partial charge in [0.15, 0.2) is 0 Å². The predicted molar refractivity (Wildman–Crippen MR) is 48.8 cm³/mol. The quantitative estimate of drug-likeness (QED) is 0.601. The molecule has 2 N–H and O–H groups in total. The highest BCUT2D eigenvalue weighted by Gasteiger charge is 2.05. The zero-order valence-corrected chi connectivity index (χ0v) is 7.26. The third-order valence-electron chi connectivity index (χ3n) is 1.69. The summed E-state index contributed by atoms with van der Waals surface area (Å²) in [6.07, 6.45) is 0. The molecule has 0 radical (unpaired) electrons. The molecule has 0 aliphatic heterocycles. The van der Waals surface area contributed by atoms with E-state index in [-0.39, 0.29) is 5.56 Å². The Balaban J connectivity index is 3.05. The molecule has 0 amide bonds. The van der Waals surface area contributed by atoms with E-state index in [2.05, 4.69) is 4.98 Å². The fraction of sp³-hybridized carbons (Fsp3) is 0.143. The summed E-state index contributed by atoms with van der Waals surface area (Å²) in [5.74, 6) is 5.99. The fourth-order valence-corrected chi connectivity index (χ4v) is 1.80. The number of hydrogen-bond donors (Lipinski definition) is 1. The lowest BCUT2D eigenvalue weighted by Gasteiger charge is -2.00. The Hall–Kier alpha value is -1.36. The minimum absolute atomic E-state index is 0.174. The monoisotopic (exact) mass is 181 g/mol. The van der Waals surface area contributed by atoms with Gasteiger partial charge in [-0.25, -0.2) is 9.66 Å². The standard InChI is InChI=1S/C7H7N3OS/c1-4-9-5-2-3-12-6(5)7(11)10(4)8/h2-3H,8H2,1H3. The lowest BCUT2D eigenvalue weighted by atomic mass is 10.4. The number of nitrogens with zero attached hydrogens (tertiary/aromatic N) is 2. The van der Waals surface area contributed by atoms with Gasteiger partial charge in [-0.15, -0.1) is 11.3 Å². The maximum absolute atomic E-state index is 11.4. The van der Waals surface area contributed by atoms with Crippen LogP contribution in [0.4, 0.5) is 0 Å². The molecular weight excluding hydrogens is 174 g/mol. The minimum atomic E-state index is -0.174. The summed E-state index contributed by atoms with van der Waals surface area (Å²) >= 11 is 1.36. The molecule has 12 heavy (non-hydrogen) atoms. The molecule has 0 bridgehead atoms. The summed E-state index contributed by atoms with van der Waals surface area (Å²) < 4.78 is 1.68. The normalized spacial score (nSPS) is 10.8. The average molecular weight is 181 g/mol. The molecule has 0 fully saturated rings. The minimum Gasteiger partial charge on any atom is -0.335 e. The first-order valence-corrected chi connectivity index (χ1v) is 4.30. The summed E-state index contributed by atoms with van der Waals surface area (Å²) in [4.78, 5) is 15.6. The van der Waals surface area contributed by atoms with Gasteiger partial charge in [-0.3, -0.25) is 4.79 Å².